The van der Waals surface area contributed by atoms with Crippen LogP contribution in [0, 0.1) is 6.92 Å². The molecular weight excluding hydrogens is 372 g/mol. The lowest BCUT2D eigenvalue weighted by atomic mass is 10.00. The first-order valence-electron chi connectivity index (χ1n) is 10.4. The molecule has 1 aliphatic rings. The lowest BCUT2D eigenvalue weighted by molar-refractivity contribution is -0.117. The molecule has 3 aromatic carbocycles. The number of anilines is 1. The molecule has 1 heterocycles. The van der Waals surface area contributed by atoms with Crippen molar-refractivity contribution < 1.29 is 9.59 Å². The zero-order valence-corrected chi connectivity index (χ0v) is 17.4. The van der Waals surface area contributed by atoms with Crippen molar-refractivity contribution in [2.75, 3.05) is 5.32 Å². The molecule has 0 aromatic heterocycles. The van der Waals surface area contributed by atoms with Crippen LogP contribution in [0.2, 0.25) is 0 Å². The first-order valence-corrected chi connectivity index (χ1v) is 10.4. The molecule has 0 saturated carbocycles. The maximum absolute atomic E-state index is 13.1. The first kappa shape index (κ1) is 19.9. The molecule has 1 atom stereocenters. The van der Waals surface area contributed by atoms with Gasteiger partial charge in [-0.2, -0.15) is 0 Å². The number of hydrogen-bond donors (Lipinski definition) is 1. The number of nitrogens with one attached hydrogen (secondary N) is 1. The standard InChI is InChI=1S/C26H26N2O2/c1-3-19-7-6-9-22(15-19)27-25(29)16-24(20-13-11-18(2)12-14-20)28-17-21-8-4-5-10-23(21)26(28)30/h4-15,24H,3,16-17H2,1-2H3,(H,27,29)/t24-/m0/s1. The van der Waals surface area contributed by atoms with Crippen LogP contribution < -0.4 is 5.32 Å². The number of carbonyl (C=O) groups is 2. The molecule has 0 fully saturated rings. The Morgan fingerprint density at radius 2 is 1.80 bits per heavy atom. The van der Waals surface area contributed by atoms with E-state index in [0.29, 0.717) is 6.54 Å². The predicted molar refractivity (Wildman–Crippen MR) is 119 cm³/mol. The monoisotopic (exact) mass is 398 g/mol. The van der Waals surface area contributed by atoms with Gasteiger partial charge in [0.15, 0.2) is 0 Å². The summed E-state index contributed by atoms with van der Waals surface area (Å²) in [5, 5.41) is 3.01. The summed E-state index contributed by atoms with van der Waals surface area (Å²) in [5.74, 6) is -0.116. The van der Waals surface area contributed by atoms with Gasteiger partial charge in [0.1, 0.15) is 0 Å². The quantitative estimate of drug-likeness (QED) is 0.614. The zero-order chi connectivity index (χ0) is 21.1. The lowest BCUT2D eigenvalue weighted by Gasteiger charge is -2.28. The summed E-state index contributed by atoms with van der Waals surface area (Å²) in [6, 6.07) is 23.3. The number of rotatable bonds is 6. The van der Waals surface area contributed by atoms with E-state index >= 15 is 0 Å². The number of fused-ring (bicyclic) bond motifs is 1. The summed E-state index contributed by atoms with van der Waals surface area (Å²) >= 11 is 0. The van der Waals surface area contributed by atoms with Crippen LogP contribution in [0.15, 0.2) is 72.8 Å². The molecule has 0 unspecified atom stereocenters. The number of amides is 2. The fourth-order valence-corrected chi connectivity index (χ4v) is 3.98. The summed E-state index contributed by atoms with van der Waals surface area (Å²) in [5.41, 5.74) is 5.82. The van der Waals surface area contributed by atoms with Gasteiger partial charge in [-0.05, 0) is 48.2 Å². The fourth-order valence-electron chi connectivity index (χ4n) is 3.98. The van der Waals surface area contributed by atoms with E-state index in [-0.39, 0.29) is 24.3 Å². The Balaban J connectivity index is 1.59. The normalized spacial score (nSPS) is 13.8. The summed E-state index contributed by atoms with van der Waals surface area (Å²) in [7, 11) is 0. The summed E-state index contributed by atoms with van der Waals surface area (Å²) in [6.45, 7) is 4.64. The van der Waals surface area contributed by atoms with Gasteiger partial charge in [-0.15, -0.1) is 0 Å². The third-order valence-electron chi connectivity index (χ3n) is 5.69. The van der Waals surface area contributed by atoms with Gasteiger partial charge in [-0.25, -0.2) is 0 Å². The van der Waals surface area contributed by atoms with Crippen molar-refractivity contribution in [1.82, 2.24) is 4.90 Å². The molecule has 4 rings (SSSR count). The van der Waals surface area contributed by atoms with E-state index in [1.54, 1.807) is 0 Å². The molecule has 4 heteroatoms. The van der Waals surface area contributed by atoms with Crippen molar-refractivity contribution >= 4 is 17.5 Å². The fraction of sp³-hybridized carbons (Fsp3) is 0.231. The van der Waals surface area contributed by atoms with Gasteiger partial charge >= 0.3 is 0 Å². The zero-order valence-electron chi connectivity index (χ0n) is 17.4. The van der Waals surface area contributed by atoms with Crippen molar-refractivity contribution in [1.29, 1.82) is 0 Å². The highest BCUT2D eigenvalue weighted by Crippen LogP contribution is 2.33. The van der Waals surface area contributed by atoms with Crippen LogP contribution in [-0.2, 0) is 17.8 Å². The summed E-state index contributed by atoms with van der Waals surface area (Å²) < 4.78 is 0. The van der Waals surface area contributed by atoms with Crippen molar-refractivity contribution in [2.24, 2.45) is 0 Å². The molecule has 0 saturated heterocycles. The predicted octanol–water partition coefficient (Wildman–Crippen LogP) is 5.28. The maximum atomic E-state index is 13.1. The Morgan fingerprint density at radius 1 is 1.03 bits per heavy atom. The highest BCUT2D eigenvalue weighted by molar-refractivity contribution is 5.99. The largest absolute Gasteiger partial charge is 0.327 e. The molecule has 1 aliphatic heterocycles. The minimum absolute atomic E-state index is 0.0167. The van der Waals surface area contributed by atoms with Crippen LogP contribution in [0.25, 0.3) is 0 Å². The minimum atomic E-state index is -0.320. The van der Waals surface area contributed by atoms with E-state index in [4.69, 9.17) is 0 Å². The Labute approximate surface area is 177 Å². The van der Waals surface area contributed by atoms with Crippen LogP contribution in [0.5, 0.6) is 0 Å². The third kappa shape index (κ3) is 4.13. The van der Waals surface area contributed by atoms with E-state index in [1.165, 1.54) is 5.56 Å². The second-order valence-electron chi connectivity index (χ2n) is 7.82. The van der Waals surface area contributed by atoms with Gasteiger partial charge in [0, 0.05) is 17.8 Å². The van der Waals surface area contributed by atoms with Gasteiger partial charge in [0.25, 0.3) is 5.91 Å². The molecular formula is C26H26N2O2. The topological polar surface area (TPSA) is 49.4 Å². The van der Waals surface area contributed by atoms with E-state index in [1.807, 2.05) is 84.6 Å². The second-order valence-corrected chi connectivity index (χ2v) is 7.82. The number of nitrogens with zero attached hydrogens (tertiary/aromatic N) is 1. The van der Waals surface area contributed by atoms with Gasteiger partial charge in [-0.1, -0.05) is 67.1 Å². The van der Waals surface area contributed by atoms with E-state index in [2.05, 4.69) is 12.2 Å². The average molecular weight is 399 g/mol. The van der Waals surface area contributed by atoms with Crippen LogP contribution in [0.3, 0.4) is 0 Å². The van der Waals surface area contributed by atoms with Crippen LogP contribution in [0.4, 0.5) is 5.69 Å². The van der Waals surface area contributed by atoms with E-state index in [0.717, 1.165) is 34.4 Å². The van der Waals surface area contributed by atoms with Crippen LogP contribution in [-0.4, -0.2) is 16.7 Å². The van der Waals surface area contributed by atoms with Gasteiger partial charge < -0.3 is 10.2 Å². The Hall–Kier alpha value is -3.40. The number of aryl methyl sites for hydroxylation is 2. The van der Waals surface area contributed by atoms with Crippen molar-refractivity contribution in [3.63, 3.8) is 0 Å². The van der Waals surface area contributed by atoms with Crippen molar-refractivity contribution in [2.45, 2.75) is 39.3 Å². The highest BCUT2D eigenvalue weighted by atomic mass is 16.2. The second kappa shape index (κ2) is 8.54. The molecule has 152 valence electrons. The number of hydrogen-bond acceptors (Lipinski definition) is 2. The Kier molecular flexibility index (Phi) is 5.66. The number of benzene rings is 3. The van der Waals surface area contributed by atoms with Crippen molar-refractivity contribution in [3.8, 4) is 0 Å². The molecule has 0 aliphatic carbocycles. The first-order chi connectivity index (χ1) is 14.5. The van der Waals surface area contributed by atoms with Crippen LogP contribution in [0.1, 0.15) is 52.0 Å². The van der Waals surface area contributed by atoms with Gasteiger partial charge in [0.05, 0.1) is 12.5 Å². The van der Waals surface area contributed by atoms with Crippen molar-refractivity contribution in [3.05, 3.63) is 101 Å². The molecule has 0 spiro atoms. The summed E-state index contributed by atoms with van der Waals surface area (Å²) in [6.07, 6.45) is 1.12. The number of carbonyl (C=O) groups excluding carboxylic acids is 2. The van der Waals surface area contributed by atoms with Crippen LogP contribution >= 0.6 is 0 Å². The lowest BCUT2D eigenvalue weighted by Crippen LogP contribution is -2.32. The Bertz CT molecular complexity index is 1070. The molecule has 1 N–H and O–H groups in total. The highest BCUT2D eigenvalue weighted by Gasteiger charge is 2.34. The molecule has 2 amide bonds. The molecule has 3 aromatic rings. The van der Waals surface area contributed by atoms with E-state index < -0.39 is 0 Å². The maximum Gasteiger partial charge on any atom is 0.255 e. The smallest absolute Gasteiger partial charge is 0.255 e. The van der Waals surface area contributed by atoms with E-state index in [9.17, 15) is 9.59 Å². The SMILES string of the molecule is CCc1cccc(NC(=O)C[C@@H](c2ccc(C)cc2)N2Cc3ccccc3C2=O)c1. The third-order valence-corrected chi connectivity index (χ3v) is 5.69. The molecule has 30 heavy (non-hydrogen) atoms. The minimum Gasteiger partial charge on any atom is -0.327 e. The molecule has 4 nitrogen and oxygen atoms in total. The Morgan fingerprint density at radius 3 is 2.53 bits per heavy atom. The molecule has 0 radical (unpaired) electrons. The van der Waals surface area contributed by atoms with Gasteiger partial charge in [0.2, 0.25) is 5.91 Å². The summed E-state index contributed by atoms with van der Waals surface area (Å²) in [4.78, 5) is 27.9. The average Bonchev–Trinajstić information content (AvgIpc) is 3.09. The van der Waals surface area contributed by atoms with Gasteiger partial charge in [-0.3, -0.25) is 9.59 Å². The molecule has 0 bridgehead atoms.